The van der Waals surface area contributed by atoms with Crippen LogP contribution in [0.25, 0.3) is 0 Å². The smallest absolute Gasteiger partial charge is 0.327 e. The predicted molar refractivity (Wildman–Crippen MR) is 87.7 cm³/mol. The van der Waals surface area contributed by atoms with Crippen molar-refractivity contribution in [3.63, 3.8) is 0 Å². The first-order valence-corrected chi connectivity index (χ1v) is 8.66. The van der Waals surface area contributed by atoms with E-state index in [9.17, 15) is 14.7 Å². The van der Waals surface area contributed by atoms with E-state index in [0.29, 0.717) is 0 Å². The van der Waals surface area contributed by atoms with Gasteiger partial charge in [0.05, 0.1) is 10.2 Å². The molecule has 0 radical (unpaired) electrons. The van der Waals surface area contributed by atoms with Gasteiger partial charge < -0.3 is 4.52 Å². The summed E-state index contributed by atoms with van der Waals surface area (Å²) in [6, 6.07) is 13.1. The number of nitrogens with zero attached hydrogens (tertiary/aromatic N) is 1. The molecule has 0 aliphatic carbocycles. The van der Waals surface area contributed by atoms with Crippen LogP contribution in [0.1, 0.15) is 0 Å². The van der Waals surface area contributed by atoms with Gasteiger partial charge in [-0.05, 0) is 24.3 Å². The molecule has 2 rings (SSSR count). The fraction of sp³-hybridized carbons (Fsp3) is 0.0769. The van der Waals surface area contributed by atoms with Crippen LogP contribution >= 0.6 is 42.2 Å². The lowest BCUT2D eigenvalue weighted by molar-refractivity contribution is -0.384. The molecule has 0 spiro atoms. The molecular weight excluding hydrogens is 371 g/mol. The summed E-state index contributed by atoms with van der Waals surface area (Å²) in [5.41, 5.74) is -0.129. The number of hydrogen-bond donors (Lipinski definition) is 0. The summed E-state index contributed by atoms with van der Waals surface area (Å²) in [5, 5.41) is 10.9. The van der Waals surface area contributed by atoms with E-state index >= 15 is 0 Å². The van der Waals surface area contributed by atoms with Crippen LogP contribution in [-0.2, 0) is 4.57 Å². The Hall–Kier alpha value is -1.26. The summed E-state index contributed by atoms with van der Waals surface area (Å²) >= 11 is 17.5. The van der Waals surface area contributed by atoms with Gasteiger partial charge in [0.15, 0.2) is 0 Å². The molecule has 9 heteroatoms. The van der Waals surface area contributed by atoms with Crippen molar-refractivity contribution in [1.82, 2.24) is 0 Å². The van der Waals surface area contributed by atoms with Crippen molar-refractivity contribution in [2.45, 2.75) is 3.53 Å². The average Bonchev–Trinajstić information content (AvgIpc) is 2.47. The summed E-state index contributed by atoms with van der Waals surface area (Å²) in [5.74, 6) is 0.101. The highest BCUT2D eigenvalue weighted by Gasteiger charge is 2.48. The maximum absolute atomic E-state index is 13.1. The molecule has 0 aliphatic heterocycles. The highest BCUT2D eigenvalue weighted by atomic mass is 35.6. The van der Waals surface area contributed by atoms with Gasteiger partial charge in [-0.2, -0.15) is 0 Å². The molecule has 0 saturated heterocycles. The van der Waals surface area contributed by atoms with E-state index in [0.717, 1.165) is 0 Å². The Balaban J connectivity index is 2.40. The quantitative estimate of drug-likeness (QED) is 0.327. The Morgan fingerprint density at radius 2 is 1.55 bits per heavy atom. The second-order valence-corrected chi connectivity index (χ2v) is 9.74. The molecule has 0 fully saturated rings. The van der Waals surface area contributed by atoms with Gasteiger partial charge in [-0.1, -0.05) is 53.0 Å². The number of non-ortho nitro benzene ring substituents is 1. The Morgan fingerprint density at radius 3 is 2.00 bits per heavy atom. The van der Waals surface area contributed by atoms with Gasteiger partial charge in [-0.25, -0.2) is 0 Å². The Morgan fingerprint density at radius 1 is 1.00 bits per heavy atom. The van der Waals surface area contributed by atoms with E-state index in [1.807, 2.05) is 0 Å². The highest BCUT2D eigenvalue weighted by molar-refractivity contribution is 7.74. The maximum atomic E-state index is 13.1. The number of benzene rings is 2. The topological polar surface area (TPSA) is 69.4 Å². The lowest BCUT2D eigenvalue weighted by Gasteiger charge is -2.25. The average molecular weight is 381 g/mol. The molecule has 1 unspecified atom stereocenters. The summed E-state index contributed by atoms with van der Waals surface area (Å²) in [7, 11) is -3.89. The third kappa shape index (κ3) is 3.55. The van der Waals surface area contributed by atoms with E-state index in [1.54, 1.807) is 18.2 Å². The fourth-order valence-electron chi connectivity index (χ4n) is 1.65. The third-order valence-electron chi connectivity index (χ3n) is 2.71. The number of alkyl halides is 3. The zero-order valence-electron chi connectivity index (χ0n) is 10.9. The van der Waals surface area contributed by atoms with E-state index in [1.165, 1.54) is 36.4 Å². The van der Waals surface area contributed by atoms with Crippen LogP contribution in [0.4, 0.5) is 5.69 Å². The molecule has 2 aromatic carbocycles. The van der Waals surface area contributed by atoms with Gasteiger partial charge in [0.25, 0.3) is 9.22 Å². The zero-order chi connectivity index (χ0) is 16.4. The van der Waals surface area contributed by atoms with E-state index in [4.69, 9.17) is 39.3 Å². The molecule has 0 N–H and O–H groups in total. The number of hydrogen-bond acceptors (Lipinski definition) is 4. The molecule has 22 heavy (non-hydrogen) atoms. The van der Waals surface area contributed by atoms with Crippen LogP contribution in [0.3, 0.4) is 0 Å². The molecule has 1 atom stereocenters. The molecular formula is C13H9Cl3NO4P. The summed E-state index contributed by atoms with van der Waals surface area (Å²) in [6.45, 7) is 0. The van der Waals surface area contributed by atoms with Crippen molar-refractivity contribution in [2.24, 2.45) is 0 Å². The van der Waals surface area contributed by atoms with E-state index in [-0.39, 0.29) is 16.7 Å². The zero-order valence-corrected chi connectivity index (χ0v) is 14.0. The molecule has 0 bridgehead atoms. The van der Waals surface area contributed by atoms with E-state index in [2.05, 4.69) is 0 Å². The molecule has 0 heterocycles. The molecule has 5 nitrogen and oxygen atoms in total. The first kappa shape index (κ1) is 17.1. The minimum atomic E-state index is -3.89. The number of rotatable bonds is 4. The number of nitro groups is 1. The van der Waals surface area contributed by atoms with Crippen LogP contribution < -0.4 is 9.83 Å². The van der Waals surface area contributed by atoms with Crippen molar-refractivity contribution in [1.29, 1.82) is 0 Å². The van der Waals surface area contributed by atoms with Gasteiger partial charge in [0.1, 0.15) is 5.75 Å². The Bertz CT molecular complexity index is 716. The van der Waals surface area contributed by atoms with Gasteiger partial charge in [-0.3, -0.25) is 14.7 Å². The van der Waals surface area contributed by atoms with Crippen LogP contribution in [0, 0.1) is 10.1 Å². The summed E-state index contributed by atoms with van der Waals surface area (Å²) < 4.78 is 16.3. The summed E-state index contributed by atoms with van der Waals surface area (Å²) in [4.78, 5) is 10.1. The van der Waals surface area contributed by atoms with Crippen LogP contribution in [0.5, 0.6) is 5.75 Å². The Kier molecular flexibility index (Phi) is 5.03. The molecule has 0 amide bonds. The number of nitro benzene ring substituents is 1. The van der Waals surface area contributed by atoms with Crippen molar-refractivity contribution < 1.29 is 14.0 Å². The third-order valence-corrected chi connectivity index (χ3v) is 6.83. The van der Waals surface area contributed by atoms with E-state index < -0.39 is 15.8 Å². The van der Waals surface area contributed by atoms with Crippen molar-refractivity contribution in [2.75, 3.05) is 0 Å². The first-order chi connectivity index (χ1) is 10.2. The molecule has 0 aliphatic rings. The molecule has 116 valence electrons. The van der Waals surface area contributed by atoms with Gasteiger partial charge in [-0.15, -0.1) is 0 Å². The van der Waals surface area contributed by atoms with Crippen molar-refractivity contribution >= 4 is 53.2 Å². The normalized spacial score (nSPS) is 14.1. The standard InChI is InChI=1S/C13H9Cl3NO4P/c14-13(15,16)22(20,12-4-2-1-3-5-12)21-11-8-6-10(7-9-11)17(18)19/h1-9H. The Labute approximate surface area is 141 Å². The van der Waals surface area contributed by atoms with Crippen molar-refractivity contribution in [3.8, 4) is 5.75 Å². The second-order valence-electron chi connectivity index (χ2n) is 4.20. The first-order valence-electron chi connectivity index (χ1n) is 5.90. The predicted octanol–water partition coefficient (Wildman–Crippen LogP) is 4.90. The fourth-order valence-corrected chi connectivity index (χ4v) is 4.33. The SMILES string of the molecule is O=[N+]([O-])c1ccc(OP(=O)(c2ccccc2)C(Cl)(Cl)Cl)cc1. The van der Waals surface area contributed by atoms with Gasteiger partial charge >= 0.3 is 7.37 Å². The van der Waals surface area contributed by atoms with Gasteiger partial charge in [0, 0.05) is 12.1 Å². The van der Waals surface area contributed by atoms with Crippen LogP contribution in [0.2, 0.25) is 0 Å². The van der Waals surface area contributed by atoms with Crippen molar-refractivity contribution in [3.05, 3.63) is 64.7 Å². The molecule has 2 aromatic rings. The maximum Gasteiger partial charge on any atom is 0.327 e. The largest absolute Gasteiger partial charge is 0.437 e. The van der Waals surface area contributed by atoms with Crippen LogP contribution in [-0.4, -0.2) is 8.46 Å². The lowest BCUT2D eigenvalue weighted by atomic mass is 10.3. The van der Waals surface area contributed by atoms with Gasteiger partial charge in [0.2, 0.25) is 0 Å². The molecule has 0 aromatic heterocycles. The number of halogens is 3. The highest BCUT2D eigenvalue weighted by Crippen LogP contribution is 2.64. The summed E-state index contributed by atoms with van der Waals surface area (Å²) in [6.07, 6.45) is 0. The minimum absolute atomic E-state index is 0.101. The second kappa shape index (κ2) is 6.47. The minimum Gasteiger partial charge on any atom is -0.437 e. The monoisotopic (exact) mass is 379 g/mol. The molecule has 0 saturated carbocycles. The van der Waals surface area contributed by atoms with Crippen LogP contribution in [0.15, 0.2) is 54.6 Å². The lowest BCUT2D eigenvalue weighted by Crippen LogP contribution is -2.20.